The molecule has 1 aliphatic rings. The molecule has 1 aliphatic heterocycles. The zero-order chi connectivity index (χ0) is 14.8. The molecular formula is C16H16F2N2O. The molecular weight excluding hydrogens is 274 g/mol. The summed E-state index contributed by atoms with van der Waals surface area (Å²) in [4.78, 5) is 2.04. The van der Waals surface area contributed by atoms with Crippen molar-refractivity contribution in [3.05, 3.63) is 53.6 Å². The number of hydrogen-bond donors (Lipinski definition) is 1. The van der Waals surface area contributed by atoms with Crippen LogP contribution >= 0.6 is 0 Å². The standard InChI is InChI=1S/C16H16F2N2O/c1-21-12-4-2-11(3-5-12)10-20-7-6-19-15-8-13(17)14(18)9-16(15)20/h2-5,8-9,19H,6-7,10H2,1H3. The molecule has 2 aromatic carbocycles. The summed E-state index contributed by atoms with van der Waals surface area (Å²) >= 11 is 0. The smallest absolute Gasteiger partial charge is 0.161 e. The largest absolute Gasteiger partial charge is 0.497 e. The van der Waals surface area contributed by atoms with E-state index < -0.39 is 11.6 Å². The number of fused-ring (bicyclic) bond motifs is 1. The topological polar surface area (TPSA) is 24.5 Å². The average molecular weight is 290 g/mol. The van der Waals surface area contributed by atoms with E-state index in [-0.39, 0.29) is 0 Å². The fourth-order valence-corrected chi connectivity index (χ4v) is 2.50. The van der Waals surface area contributed by atoms with Crippen molar-refractivity contribution in [3.63, 3.8) is 0 Å². The van der Waals surface area contributed by atoms with Gasteiger partial charge in [-0.15, -0.1) is 0 Å². The van der Waals surface area contributed by atoms with E-state index in [0.717, 1.165) is 17.9 Å². The summed E-state index contributed by atoms with van der Waals surface area (Å²) in [6.45, 7) is 2.09. The highest BCUT2D eigenvalue weighted by molar-refractivity contribution is 5.72. The molecule has 3 nitrogen and oxygen atoms in total. The van der Waals surface area contributed by atoms with Gasteiger partial charge in [-0.2, -0.15) is 0 Å². The van der Waals surface area contributed by atoms with Gasteiger partial charge in [-0.3, -0.25) is 0 Å². The van der Waals surface area contributed by atoms with E-state index in [4.69, 9.17) is 4.74 Å². The maximum Gasteiger partial charge on any atom is 0.161 e. The first kappa shape index (κ1) is 13.7. The molecule has 3 rings (SSSR count). The minimum Gasteiger partial charge on any atom is -0.497 e. The molecule has 0 saturated carbocycles. The Labute approximate surface area is 122 Å². The highest BCUT2D eigenvalue weighted by Gasteiger charge is 2.19. The first-order valence-corrected chi connectivity index (χ1v) is 6.78. The van der Waals surface area contributed by atoms with Gasteiger partial charge in [0.1, 0.15) is 5.75 Å². The van der Waals surface area contributed by atoms with Gasteiger partial charge in [-0.05, 0) is 17.7 Å². The van der Waals surface area contributed by atoms with Crippen molar-refractivity contribution >= 4 is 11.4 Å². The Hall–Kier alpha value is -2.30. The third kappa shape index (κ3) is 2.77. The zero-order valence-electron chi connectivity index (χ0n) is 11.7. The van der Waals surface area contributed by atoms with E-state index >= 15 is 0 Å². The van der Waals surface area contributed by atoms with E-state index in [1.165, 1.54) is 12.1 Å². The number of benzene rings is 2. The summed E-state index contributed by atoms with van der Waals surface area (Å²) < 4.78 is 31.9. The van der Waals surface area contributed by atoms with Crippen LogP contribution in [0, 0.1) is 11.6 Å². The fraction of sp³-hybridized carbons (Fsp3) is 0.250. The third-order valence-corrected chi connectivity index (χ3v) is 3.61. The van der Waals surface area contributed by atoms with Crippen LogP contribution in [0.1, 0.15) is 5.56 Å². The Kier molecular flexibility index (Phi) is 3.64. The SMILES string of the molecule is COc1ccc(CN2CCNc3cc(F)c(F)cc32)cc1. The molecule has 1 N–H and O–H groups in total. The van der Waals surface area contributed by atoms with Crippen LogP contribution in [0.15, 0.2) is 36.4 Å². The Morgan fingerprint density at radius 3 is 2.57 bits per heavy atom. The van der Waals surface area contributed by atoms with Gasteiger partial charge in [0, 0.05) is 31.8 Å². The molecule has 0 unspecified atom stereocenters. The molecule has 0 atom stereocenters. The van der Waals surface area contributed by atoms with Gasteiger partial charge < -0.3 is 15.0 Å². The molecule has 0 spiro atoms. The predicted octanol–water partition coefficient (Wildman–Crippen LogP) is 3.41. The van der Waals surface area contributed by atoms with Crippen molar-refractivity contribution in [2.45, 2.75) is 6.54 Å². The lowest BCUT2D eigenvalue weighted by atomic mass is 10.1. The minimum absolute atomic E-state index is 0.633. The number of nitrogens with zero attached hydrogens (tertiary/aromatic N) is 1. The monoisotopic (exact) mass is 290 g/mol. The number of halogens is 2. The summed E-state index contributed by atoms with van der Waals surface area (Å²) in [5.74, 6) is -0.850. The van der Waals surface area contributed by atoms with Gasteiger partial charge in [-0.25, -0.2) is 8.78 Å². The Morgan fingerprint density at radius 1 is 1.14 bits per heavy atom. The lowest BCUT2D eigenvalue weighted by molar-refractivity contribution is 0.414. The van der Waals surface area contributed by atoms with Crippen LogP contribution in [0.25, 0.3) is 0 Å². The van der Waals surface area contributed by atoms with Crippen LogP contribution in [-0.4, -0.2) is 20.2 Å². The molecule has 0 aliphatic carbocycles. The quantitative estimate of drug-likeness (QED) is 0.937. The summed E-state index contributed by atoms with van der Waals surface area (Å²) in [6.07, 6.45) is 0. The van der Waals surface area contributed by atoms with E-state index in [1.807, 2.05) is 29.2 Å². The summed E-state index contributed by atoms with van der Waals surface area (Å²) in [5.41, 5.74) is 2.41. The molecule has 0 radical (unpaired) electrons. The maximum absolute atomic E-state index is 13.5. The van der Waals surface area contributed by atoms with Gasteiger partial charge in [0.05, 0.1) is 18.5 Å². The van der Waals surface area contributed by atoms with Crippen molar-refractivity contribution in [1.82, 2.24) is 0 Å². The fourth-order valence-electron chi connectivity index (χ4n) is 2.50. The Bertz CT molecular complexity index is 643. The minimum atomic E-state index is -0.826. The number of hydrogen-bond acceptors (Lipinski definition) is 3. The van der Waals surface area contributed by atoms with E-state index in [0.29, 0.717) is 24.5 Å². The highest BCUT2D eigenvalue weighted by atomic mass is 19.2. The van der Waals surface area contributed by atoms with E-state index in [1.54, 1.807) is 7.11 Å². The van der Waals surface area contributed by atoms with Gasteiger partial charge in [-0.1, -0.05) is 12.1 Å². The van der Waals surface area contributed by atoms with Gasteiger partial charge in [0.25, 0.3) is 0 Å². The molecule has 2 aromatic rings. The van der Waals surface area contributed by atoms with Gasteiger partial charge >= 0.3 is 0 Å². The first-order chi connectivity index (χ1) is 10.2. The van der Waals surface area contributed by atoms with Crippen molar-refractivity contribution in [1.29, 1.82) is 0 Å². The van der Waals surface area contributed by atoms with Crippen LogP contribution in [0.5, 0.6) is 5.75 Å². The summed E-state index contributed by atoms with van der Waals surface area (Å²) in [7, 11) is 1.62. The third-order valence-electron chi connectivity index (χ3n) is 3.61. The molecule has 1 heterocycles. The summed E-state index contributed by atoms with van der Waals surface area (Å²) in [5, 5.41) is 3.10. The molecule has 5 heteroatoms. The Balaban J connectivity index is 1.85. The number of anilines is 2. The molecule has 0 bridgehead atoms. The van der Waals surface area contributed by atoms with Crippen LogP contribution < -0.4 is 15.0 Å². The zero-order valence-corrected chi connectivity index (χ0v) is 11.7. The maximum atomic E-state index is 13.5. The second kappa shape index (κ2) is 5.60. The average Bonchev–Trinajstić information content (AvgIpc) is 2.50. The molecule has 0 aromatic heterocycles. The highest BCUT2D eigenvalue weighted by Crippen LogP contribution is 2.32. The molecule has 0 amide bonds. The molecule has 21 heavy (non-hydrogen) atoms. The second-order valence-electron chi connectivity index (χ2n) is 4.98. The lowest BCUT2D eigenvalue weighted by Gasteiger charge is -2.32. The Morgan fingerprint density at radius 2 is 1.86 bits per heavy atom. The normalized spacial score (nSPS) is 13.6. The van der Waals surface area contributed by atoms with Crippen LogP contribution in [0.2, 0.25) is 0 Å². The lowest BCUT2D eigenvalue weighted by Crippen LogP contribution is -2.33. The molecule has 0 saturated heterocycles. The summed E-state index contributed by atoms with van der Waals surface area (Å²) in [6, 6.07) is 10.2. The number of nitrogens with one attached hydrogen (secondary N) is 1. The van der Waals surface area contributed by atoms with Crippen LogP contribution in [0.4, 0.5) is 20.2 Å². The van der Waals surface area contributed by atoms with Gasteiger partial charge in [0.2, 0.25) is 0 Å². The van der Waals surface area contributed by atoms with Crippen LogP contribution in [-0.2, 0) is 6.54 Å². The number of methoxy groups -OCH3 is 1. The predicted molar refractivity (Wildman–Crippen MR) is 78.9 cm³/mol. The molecule has 0 fully saturated rings. The second-order valence-corrected chi connectivity index (χ2v) is 4.98. The van der Waals surface area contributed by atoms with Crippen molar-refractivity contribution in [2.75, 3.05) is 30.4 Å². The van der Waals surface area contributed by atoms with Crippen molar-refractivity contribution in [2.24, 2.45) is 0 Å². The van der Waals surface area contributed by atoms with Crippen molar-refractivity contribution < 1.29 is 13.5 Å². The molecule has 110 valence electrons. The van der Waals surface area contributed by atoms with E-state index in [9.17, 15) is 8.78 Å². The van der Waals surface area contributed by atoms with Gasteiger partial charge in [0.15, 0.2) is 11.6 Å². The van der Waals surface area contributed by atoms with E-state index in [2.05, 4.69) is 5.32 Å². The van der Waals surface area contributed by atoms with Crippen LogP contribution in [0.3, 0.4) is 0 Å². The number of rotatable bonds is 3. The first-order valence-electron chi connectivity index (χ1n) is 6.78. The van der Waals surface area contributed by atoms with Crippen molar-refractivity contribution in [3.8, 4) is 5.75 Å². The number of ether oxygens (including phenoxy) is 1.